The second-order valence-corrected chi connectivity index (χ2v) is 7.92. The molecule has 0 spiro atoms. The maximum absolute atomic E-state index is 14.2. The molecule has 4 rings (SSSR count). The predicted molar refractivity (Wildman–Crippen MR) is 112 cm³/mol. The fourth-order valence-electron chi connectivity index (χ4n) is 3.20. The number of pyridine rings is 1. The summed E-state index contributed by atoms with van der Waals surface area (Å²) < 4.78 is 67.2. The van der Waals surface area contributed by atoms with Gasteiger partial charge in [0, 0.05) is 24.2 Å². The van der Waals surface area contributed by atoms with Gasteiger partial charge in [-0.3, -0.25) is 19.1 Å². The molecule has 0 fully saturated rings. The van der Waals surface area contributed by atoms with Gasteiger partial charge in [-0.25, -0.2) is 18.6 Å². The van der Waals surface area contributed by atoms with E-state index in [4.69, 9.17) is 0 Å². The maximum atomic E-state index is 14.2. The van der Waals surface area contributed by atoms with Gasteiger partial charge in [0.15, 0.2) is 16.8 Å². The van der Waals surface area contributed by atoms with Gasteiger partial charge in [-0.1, -0.05) is 0 Å². The molecule has 0 aliphatic rings. The summed E-state index contributed by atoms with van der Waals surface area (Å²) in [6, 6.07) is 1.16. The molecule has 2 N–H and O–H groups in total. The molecule has 3 aromatic heterocycles. The summed E-state index contributed by atoms with van der Waals surface area (Å²) in [4.78, 5) is 47.0. The molecule has 8 nitrogen and oxygen atoms in total. The van der Waals surface area contributed by atoms with E-state index in [0.29, 0.717) is 6.07 Å². The molecule has 3 heterocycles. The number of anilines is 1. The minimum atomic E-state index is -5.06. The van der Waals surface area contributed by atoms with Crippen molar-refractivity contribution >= 4 is 33.3 Å². The fourth-order valence-corrected chi connectivity index (χ4v) is 3.93. The Hall–Kier alpha value is -3.94. The van der Waals surface area contributed by atoms with Crippen LogP contribution < -0.4 is 16.6 Å². The minimum Gasteiger partial charge on any atom is -0.305 e. The van der Waals surface area contributed by atoms with E-state index in [-0.39, 0.29) is 33.7 Å². The molecule has 1 aromatic carbocycles. The molecule has 0 aliphatic heterocycles. The van der Waals surface area contributed by atoms with E-state index in [2.05, 4.69) is 20.3 Å². The highest BCUT2D eigenvalue weighted by atomic mass is 32.1. The van der Waals surface area contributed by atoms with Gasteiger partial charge in [-0.05, 0) is 17.7 Å². The Bertz CT molecular complexity index is 1560. The number of amides is 1. The monoisotopic (exact) mass is 497 g/mol. The number of H-pyrrole nitrogens is 1. The quantitative estimate of drug-likeness (QED) is 0.421. The summed E-state index contributed by atoms with van der Waals surface area (Å²) in [5, 5.41) is 3.72. The largest absolute Gasteiger partial charge is 0.419 e. The number of aromatic nitrogens is 4. The van der Waals surface area contributed by atoms with E-state index in [9.17, 15) is 36.3 Å². The van der Waals surface area contributed by atoms with Crippen molar-refractivity contribution in [2.45, 2.75) is 12.6 Å². The number of benzene rings is 1. The van der Waals surface area contributed by atoms with Crippen LogP contribution in [0.15, 0.2) is 39.5 Å². The summed E-state index contributed by atoms with van der Waals surface area (Å²) in [6.45, 7) is 0. The van der Waals surface area contributed by atoms with Crippen molar-refractivity contribution in [1.29, 1.82) is 0 Å². The summed E-state index contributed by atoms with van der Waals surface area (Å²) in [5.74, 6) is -4.40. The van der Waals surface area contributed by atoms with Crippen molar-refractivity contribution in [3.05, 3.63) is 73.5 Å². The van der Waals surface area contributed by atoms with Crippen LogP contribution in [0.1, 0.15) is 11.1 Å². The zero-order valence-corrected chi connectivity index (χ0v) is 17.8. The van der Waals surface area contributed by atoms with Crippen LogP contribution in [0.5, 0.6) is 0 Å². The number of alkyl halides is 3. The molecule has 0 radical (unpaired) electrons. The molecule has 0 saturated carbocycles. The Balaban J connectivity index is 1.58. The lowest BCUT2D eigenvalue weighted by Gasteiger charge is -2.10. The third-order valence-corrected chi connectivity index (χ3v) is 5.61. The van der Waals surface area contributed by atoms with Crippen molar-refractivity contribution in [3.8, 4) is 11.3 Å². The molecule has 0 saturated heterocycles. The lowest BCUT2D eigenvalue weighted by atomic mass is 10.1. The first-order valence-electron chi connectivity index (χ1n) is 9.34. The number of halogens is 5. The van der Waals surface area contributed by atoms with Gasteiger partial charge in [-0.2, -0.15) is 13.2 Å². The number of fused-ring (bicyclic) bond motifs is 1. The zero-order chi connectivity index (χ0) is 24.8. The van der Waals surface area contributed by atoms with E-state index >= 15 is 0 Å². The number of hydrogen-bond acceptors (Lipinski definition) is 6. The van der Waals surface area contributed by atoms with Crippen molar-refractivity contribution in [2.75, 3.05) is 5.32 Å². The Labute approximate surface area is 189 Å². The number of carbonyl (C=O) groups is 1. The van der Waals surface area contributed by atoms with Gasteiger partial charge in [0.05, 0.1) is 34.8 Å². The Morgan fingerprint density at radius 3 is 2.62 bits per heavy atom. The number of thiazole rings is 1. The Morgan fingerprint density at radius 2 is 1.91 bits per heavy atom. The first-order chi connectivity index (χ1) is 16.0. The number of rotatable bonds is 4. The molecule has 0 unspecified atom stereocenters. The standard InChI is InChI=1S/C20H12F5N5O3S/c1-30-17(32)14-8(5-26-6-11(14)28-19(30)33)4-13(31)29-18-27-12(7-34-18)9-2-3-10(20(23,24)25)16(22)15(9)21/h2-3,5-7H,4H2,1H3,(H,28,33)(H,27,29,31). The molecule has 0 atom stereocenters. The van der Waals surface area contributed by atoms with E-state index in [0.717, 1.165) is 22.0 Å². The molecular weight excluding hydrogens is 485 g/mol. The maximum Gasteiger partial charge on any atom is 0.419 e. The average Bonchev–Trinajstić information content (AvgIpc) is 3.21. The van der Waals surface area contributed by atoms with Crippen LogP contribution >= 0.6 is 11.3 Å². The minimum absolute atomic E-state index is 0.0331. The van der Waals surface area contributed by atoms with Crippen LogP contribution in [0.25, 0.3) is 22.2 Å². The zero-order valence-electron chi connectivity index (χ0n) is 17.0. The first-order valence-corrected chi connectivity index (χ1v) is 10.2. The second-order valence-electron chi connectivity index (χ2n) is 7.06. The fraction of sp³-hybridized carbons (Fsp3) is 0.150. The van der Waals surface area contributed by atoms with Crippen molar-refractivity contribution < 1.29 is 26.7 Å². The van der Waals surface area contributed by atoms with Crippen molar-refractivity contribution in [2.24, 2.45) is 7.05 Å². The lowest BCUT2D eigenvalue weighted by molar-refractivity contribution is -0.140. The van der Waals surface area contributed by atoms with Gasteiger partial charge < -0.3 is 10.3 Å². The van der Waals surface area contributed by atoms with E-state index < -0.39 is 46.1 Å². The molecule has 4 aromatic rings. The van der Waals surface area contributed by atoms with Crippen LogP contribution in [-0.2, 0) is 24.4 Å². The smallest absolute Gasteiger partial charge is 0.305 e. The molecule has 1 amide bonds. The van der Waals surface area contributed by atoms with Crippen molar-refractivity contribution in [3.63, 3.8) is 0 Å². The van der Waals surface area contributed by atoms with Crippen LogP contribution in [0, 0.1) is 11.6 Å². The first kappa shape index (κ1) is 23.2. The molecule has 176 valence electrons. The highest BCUT2D eigenvalue weighted by Crippen LogP contribution is 2.36. The van der Waals surface area contributed by atoms with Gasteiger partial charge in [0.1, 0.15) is 0 Å². The predicted octanol–water partition coefficient (Wildman–Crippen LogP) is 3.22. The average molecular weight is 497 g/mol. The molecule has 0 aliphatic carbocycles. The topological polar surface area (TPSA) is 110 Å². The number of hydrogen-bond donors (Lipinski definition) is 2. The van der Waals surface area contributed by atoms with Crippen LogP contribution in [-0.4, -0.2) is 25.4 Å². The molecule has 14 heteroatoms. The van der Waals surface area contributed by atoms with Crippen LogP contribution in [0.3, 0.4) is 0 Å². The number of aromatic amines is 1. The molecular formula is C20H12F5N5O3S. The third-order valence-electron chi connectivity index (χ3n) is 4.85. The summed E-state index contributed by atoms with van der Waals surface area (Å²) in [6.07, 6.45) is -2.83. The van der Waals surface area contributed by atoms with Gasteiger partial charge in [0.25, 0.3) is 5.56 Å². The molecule has 0 bridgehead atoms. The lowest BCUT2D eigenvalue weighted by Crippen LogP contribution is -2.33. The molecule has 34 heavy (non-hydrogen) atoms. The summed E-state index contributed by atoms with van der Waals surface area (Å²) >= 11 is 0.835. The van der Waals surface area contributed by atoms with E-state index in [1.165, 1.54) is 24.8 Å². The van der Waals surface area contributed by atoms with Gasteiger partial charge in [0.2, 0.25) is 5.91 Å². The SMILES string of the molecule is Cn1c(=O)[nH]c2cncc(CC(=O)Nc3nc(-c4ccc(C(F)(F)F)c(F)c4F)cs3)c2c1=O. The van der Waals surface area contributed by atoms with Crippen LogP contribution in [0.2, 0.25) is 0 Å². The Kier molecular flexibility index (Phi) is 5.77. The highest BCUT2D eigenvalue weighted by Gasteiger charge is 2.36. The number of carbonyl (C=O) groups excluding carboxylic acids is 1. The van der Waals surface area contributed by atoms with E-state index in [1.807, 2.05) is 0 Å². The van der Waals surface area contributed by atoms with Gasteiger partial charge >= 0.3 is 11.9 Å². The van der Waals surface area contributed by atoms with Gasteiger partial charge in [-0.15, -0.1) is 11.3 Å². The summed E-state index contributed by atoms with van der Waals surface area (Å²) in [7, 11) is 1.27. The van der Waals surface area contributed by atoms with Crippen LogP contribution in [0.4, 0.5) is 27.1 Å². The second kappa shape index (κ2) is 8.44. The van der Waals surface area contributed by atoms with Crippen molar-refractivity contribution in [1.82, 2.24) is 19.5 Å². The number of nitrogens with one attached hydrogen (secondary N) is 2. The third kappa shape index (κ3) is 4.19. The van der Waals surface area contributed by atoms with E-state index in [1.54, 1.807) is 0 Å². The Morgan fingerprint density at radius 1 is 1.18 bits per heavy atom. The highest BCUT2D eigenvalue weighted by molar-refractivity contribution is 7.14. The number of nitrogens with zero attached hydrogens (tertiary/aromatic N) is 3. The normalized spacial score (nSPS) is 11.7. The summed E-state index contributed by atoms with van der Waals surface area (Å²) in [5.41, 5.74) is -3.33.